The molecule has 3 heterocycles. The molecule has 0 atom stereocenters. The average Bonchev–Trinajstić information content (AvgIpc) is 3.08. The topological polar surface area (TPSA) is 65.1 Å². The number of unbranched alkanes of at least 4 members (excludes halogenated alkanes) is 2. The maximum absolute atomic E-state index is 14.7. The maximum atomic E-state index is 14.7. The first-order valence-corrected chi connectivity index (χ1v) is 8.67. The zero-order valence-corrected chi connectivity index (χ0v) is 14.4. The van der Waals surface area contributed by atoms with Crippen LogP contribution in [0.5, 0.6) is 0 Å². The van der Waals surface area contributed by atoms with Crippen LogP contribution in [0, 0.1) is 5.82 Å². The van der Waals surface area contributed by atoms with E-state index >= 15 is 0 Å². The highest BCUT2D eigenvalue weighted by molar-refractivity contribution is 5.86. The van der Waals surface area contributed by atoms with Crippen molar-refractivity contribution in [2.24, 2.45) is 0 Å². The van der Waals surface area contributed by atoms with Crippen LogP contribution in [0.3, 0.4) is 0 Å². The van der Waals surface area contributed by atoms with E-state index in [9.17, 15) is 9.18 Å². The summed E-state index contributed by atoms with van der Waals surface area (Å²) in [6, 6.07) is 4.75. The summed E-state index contributed by atoms with van der Waals surface area (Å²) in [5, 5.41) is 5.33. The lowest BCUT2D eigenvalue weighted by atomic mass is 10.1. The number of pyridine rings is 1. The van der Waals surface area contributed by atoms with E-state index in [0.29, 0.717) is 23.0 Å². The minimum atomic E-state index is -0.509. The number of halogens is 1. The Kier molecular flexibility index (Phi) is 4.20. The van der Waals surface area contributed by atoms with E-state index in [4.69, 9.17) is 0 Å². The summed E-state index contributed by atoms with van der Waals surface area (Å²) in [5.74, 6) is -0.241. The molecule has 0 unspecified atom stereocenters. The molecule has 1 aromatic carbocycles. The fourth-order valence-electron chi connectivity index (χ4n) is 3.04. The van der Waals surface area contributed by atoms with Crippen LogP contribution in [-0.2, 0) is 6.54 Å². The van der Waals surface area contributed by atoms with Gasteiger partial charge in [-0.05, 0) is 30.0 Å². The number of hydrogen-bond acceptors (Lipinski definition) is 4. The molecule has 0 radical (unpaired) electrons. The molecular formula is C19H18FN5O. The highest BCUT2D eigenvalue weighted by atomic mass is 19.1. The summed E-state index contributed by atoms with van der Waals surface area (Å²) in [5.41, 5.74) is 0.633. The Labute approximate surface area is 148 Å². The molecule has 132 valence electrons. The fourth-order valence-corrected chi connectivity index (χ4v) is 3.04. The third kappa shape index (κ3) is 2.85. The van der Waals surface area contributed by atoms with Crippen molar-refractivity contribution in [2.75, 3.05) is 0 Å². The smallest absolute Gasteiger partial charge is 0.258 e. The Morgan fingerprint density at radius 1 is 1.19 bits per heavy atom. The molecule has 4 aromatic rings. The number of nitrogens with zero attached hydrogens (tertiary/aromatic N) is 5. The summed E-state index contributed by atoms with van der Waals surface area (Å²) in [7, 11) is 0. The van der Waals surface area contributed by atoms with Crippen molar-refractivity contribution in [1.29, 1.82) is 0 Å². The van der Waals surface area contributed by atoms with Gasteiger partial charge in [0, 0.05) is 25.1 Å². The minimum absolute atomic E-state index is 0.170. The zero-order valence-electron chi connectivity index (χ0n) is 14.4. The molecule has 0 saturated heterocycles. The molecule has 0 aliphatic carbocycles. The van der Waals surface area contributed by atoms with Gasteiger partial charge in [0.2, 0.25) is 0 Å². The molecule has 0 bridgehead atoms. The highest BCUT2D eigenvalue weighted by Crippen LogP contribution is 2.24. The molecule has 0 N–H and O–H groups in total. The lowest BCUT2D eigenvalue weighted by molar-refractivity contribution is 0.590. The Hall–Kier alpha value is -3.09. The van der Waals surface area contributed by atoms with Gasteiger partial charge in [-0.15, -0.1) is 5.10 Å². The predicted molar refractivity (Wildman–Crippen MR) is 97.5 cm³/mol. The van der Waals surface area contributed by atoms with E-state index in [0.717, 1.165) is 19.3 Å². The van der Waals surface area contributed by atoms with Crippen LogP contribution in [0.15, 0.2) is 47.8 Å². The van der Waals surface area contributed by atoms with Crippen LogP contribution >= 0.6 is 0 Å². The lowest BCUT2D eigenvalue weighted by Gasteiger charge is -2.08. The molecule has 0 spiro atoms. The zero-order chi connectivity index (χ0) is 18.1. The number of aryl methyl sites for hydroxylation is 1. The number of fused-ring (bicyclic) bond motifs is 2. The van der Waals surface area contributed by atoms with Gasteiger partial charge in [-0.2, -0.15) is 0 Å². The van der Waals surface area contributed by atoms with Crippen LogP contribution < -0.4 is 5.56 Å². The van der Waals surface area contributed by atoms with E-state index in [-0.39, 0.29) is 16.9 Å². The Bertz CT molecular complexity index is 1110. The van der Waals surface area contributed by atoms with Gasteiger partial charge in [-0.1, -0.05) is 19.8 Å². The van der Waals surface area contributed by atoms with Gasteiger partial charge >= 0.3 is 0 Å². The van der Waals surface area contributed by atoms with Crippen molar-refractivity contribution in [3.8, 4) is 11.4 Å². The van der Waals surface area contributed by atoms with Gasteiger partial charge < -0.3 is 4.57 Å². The standard InChI is InChI=1S/C19H18FN5O/c1-2-3-4-7-24-8-5-13-10-15(16(20)11-14(13)19(24)26)18-22-17-12-21-6-9-25(17)23-18/h5-6,8-12H,2-4,7H2,1H3. The number of hydrogen-bond donors (Lipinski definition) is 0. The second kappa shape index (κ2) is 6.67. The van der Waals surface area contributed by atoms with E-state index in [1.54, 1.807) is 35.4 Å². The van der Waals surface area contributed by atoms with Crippen LogP contribution in [0.2, 0.25) is 0 Å². The van der Waals surface area contributed by atoms with Crippen molar-refractivity contribution in [2.45, 2.75) is 32.7 Å². The van der Waals surface area contributed by atoms with Gasteiger partial charge in [-0.25, -0.2) is 13.9 Å². The first kappa shape index (κ1) is 16.4. The Balaban J connectivity index is 1.79. The molecule has 4 rings (SSSR count). The number of aromatic nitrogens is 5. The summed E-state index contributed by atoms with van der Waals surface area (Å²) in [4.78, 5) is 20.9. The van der Waals surface area contributed by atoms with Crippen molar-refractivity contribution in [1.82, 2.24) is 24.1 Å². The predicted octanol–water partition coefficient (Wildman–Crippen LogP) is 3.44. The molecule has 6 nitrogen and oxygen atoms in total. The van der Waals surface area contributed by atoms with Gasteiger partial charge in [0.25, 0.3) is 5.56 Å². The first-order chi connectivity index (χ1) is 12.7. The molecule has 7 heteroatoms. The Morgan fingerprint density at radius 2 is 2.08 bits per heavy atom. The van der Waals surface area contributed by atoms with E-state index in [1.165, 1.54) is 10.6 Å². The van der Waals surface area contributed by atoms with Gasteiger partial charge in [-0.3, -0.25) is 9.78 Å². The Morgan fingerprint density at radius 3 is 2.88 bits per heavy atom. The molecule has 0 aliphatic rings. The summed E-state index contributed by atoms with van der Waals surface area (Å²) in [6.45, 7) is 2.76. The highest BCUT2D eigenvalue weighted by Gasteiger charge is 2.14. The van der Waals surface area contributed by atoms with Crippen molar-refractivity contribution in [3.63, 3.8) is 0 Å². The molecule has 3 aromatic heterocycles. The lowest BCUT2D eigenvalue weighted by Crippen LogP contribution is -2.19. The van der Waals surface area contributed by atoms with Gasteiger partial charge in [0.15, 0.2) is 11.5 Å². The monoisotopic (exact) mass is 351 g/mol. The molecule has 0 amide bonds. The van der Waals surface area contributed by atoms with Crippen LogP contribution in [0.25, 0.3) is 27.8 Å². The quantitative estimate of drug-likeness (QED) is 0.517. The molecule has 26 heavy (non-hydrogen) atoms. The summed E-state index contributed by atoms with van der Waals surface area (Å²) in [6.07, 6.45) is 9.64. The van der Waals surface area contributed by atoms with Crippen LogP contribution in [0.4, 0.5) is 4.39 Å². The summed E-state index contributed by atoms with van der Waals surface area (Å²) >= 11 is 0. The average molecular weight is 351 g/mol. The number of benzene rings is 1. The summed E-state index contributed by atoms with van der Waals surface area (Å²) < 4.78 is 17.9. The second-order valence-corrected chi connectivity index (χ2v) is 6.26. The third-order valence-corrected chi connectivity index (χ3v) is 4.45. The molecule has 0 aliphatic heterocycles. The van der Waals surface area contributed by atoms with Gasteiger partial charge in [0.05, 0.1) is 17.1 Å². The molecular weight excluding hydrogens is 333 g/mol. The SMILES string of the molecule is CCCCCn1ccc2cc(-c3nc4cnccn4n3)c(F)cc2c1=O. The van der Waals surface area contributed by atoms with Crippen molar-refractivity contribution < 1.29 is 4.39 Å². The van der Waals surface area contributed by atoms with E-state index in [2.05, 4.69) is 22.0 Å². The largest absolute Gasteiger partial charge is 0.315 e. The molecule has 0 fully saturated rings. The van der Waals surface area contributed by atoms with Crippen LogP contribution in [-0.4, -0.2) is 24.1 Å². The second-order valence-electron chi connectivity index (χ2n) is 6.26. The van der Waals surface area contributed by atoms with E-state index in [1.807, 2.05) is 6.07 Å². The third-order valence-electron chi connectivity index (χ3n) is 4.45. The van der Waals surface area contributed by atoms with Crippen molar-refractivity contribution in [3.05, 3.63) is 59.2 Å². The minimum Gasteiger partial charge on any atom is -0.315 e. The number of rotatable bonds is 5. The first-order valence-electron chi connectivity index (χ1n) is 8.67. The normalized spacial score (nSPS) is 11.5. The maximum Gasteiger partial charge on any atom is 0.258 e. The van der Waals surface area contributed by atoms with Crippen LogP contribution in [0.1, 0.15) is 26.2 Å². The van der Waals surface area contributed by atoms with Crippen molar-refractivity contribution >= 4 is 16.4 Å². The fraction of sp³-hybridized carbons (Fsp3) is 0.263. The van der Waals surface area contributed by atoms with Gasteiger partial charge in [0.1, 0.15) is 5.82 Å². The van der Waals surface area contributed by atoms with E-state index < -0.39 is 5.82 Å². The molecule has 0 saturated carbocycles.